The van der Waals surface area contributed by atoms with E-state index in [-0.39, 0.29) is 28.2 Å². The van der Waals surface area contributed by atoms with E-state index in [0.717, 1.165) is 72.4 Å². The summed E-state index contributed by atoms with van der Waals surface area (Å²) < 4.78 is 2.16. The molecular weight excluding hydrogens is 640 g/mol. The Bertz CT molecular complexity index is 1780. The molecule has 2 aromatic carbocycles. The van der Waals surface area contributed by atoms with Gasteiger partial charge < -0.3 is 20.2 Å². The van der Waals surface area contributed by atoms with E-state index in [1.54, 1.807) is 30.3 Å². The Kier molecular flexibility index (Phi) is 11.6. The van der Waals surface area contributed by atoms with E-state index >= 15 is 0 Å². The lowest BCUT2D eigenvalue weighted by Gasteiger charge is -2.33. The molecule has 3 N–H and O–H groups in total. The van der Waals surface area contributed by atoms with E-state index in [9.17, 15) is 29.7 Å². The number of hydrogen-bond acceptors (Lipinski definition) is 5. The summed E-state index contributed by atoms with van der Waals surface area (Å²) in [4.78, 5) is 40.9. The van der Waals surface area contributed by atoms with Gasteiger partial charge in [-0.15, -0.1) is 0 Å². The second kappa shape index (κ2) is 15.6. The molecule has 1 aliphatic carbocycles. The zero-order chi connectivity index (χ0) is 37.1. The van der Waals surface area contributed by atoms with Crippen molar-refractivity contribution in [2.24, 2.45) is 5.92 Å². The lowest BCUT2D eigenvalue weighted by molar-refractivity contribution is -0.441. The zero-order valence-electron chi connectivity index (χ0n) is 31.5. The number of rotatable bonds is 18. The van der Waals surface area contributed by atoms with Crippen molar-refractivity contribution in [2.45, 2.75) is 129 Å². The molecule has 0 saturated heterocycles. The number of carbonyl (C=O) groups excluding carboxylic acids is 1. The number of carboxylic acid groups (broad SMARTS) is 2. The Morgan fingerprint density at radius 3 is 2.06 bits per heavy atom. The average Bonchev–Trinajstić information content (AvgIpc) is 3.44. The van der Waals surface area contributed by atoms with Crippen LogP contribution in [0.25, 0.3) is 0 Å². The molecule has 1 unspecified atom stereocenters. The number of carbonyl (C=O) groups is 3. The third-order valence-electron chi connectivity index (χ3n) is 11.4. The molecule has 2 aromatic rings. The van der Waals surface area contributed by atoms with Gasteiger partial charge in [-0.25, -0.2) is 9.59 Å². The lowest BCUT2D eigenvalue weighted by atomic mass is 9.68. The van der Waals surface area contributed by atoms with E-state index in [4.69, 9.17) is 0 Å². The number of Topliss-reactive ketones (excluding diaryl/α,β-unsaturated/α-hetero) is 1. The van der Waals surface area contributed by atoms with Crippen molar-refractivity contribution in [3.8, 4) is 0 Å². The van der Waals surface area contributed by atoms with Crippen molar-refractivity contribution in [2.75, 3.05) is 18.0 Å². The highest BCUT2D eigenvalue weighted by atomic mass is 16.4. The summed E-state index contributed by atoms with van der Waals surface area (Å²) in [7, 11) is 0. The molecule has 0 radical (unpaired) electrons. The molecule has 0 spiro atoms. The molecule has 8 nitrogen and oxygen atoms in total. The minimum atomic E-state index is -1.00. The highest BCUT2D eigenvalue weighted by Crippen LogP contribution is 2.52. The minimum absolute atomic E-state index is 0.0134. The summed E-state index contributed by atoms with van der Waals surface area (Å²) in [5.74, 6) is -3.00. The summed E-state index contributed by atoms with van der Waals surface area (Å²) in [5, 5.41) is 31.8. The number of hydrogen-bond donors (Lipinski definition) is 3. The smallest absolute Gasteiger partial charge is 0.336 e. The van der Waals surface area contributed by atoms with Crippen LogP contribution in [0.3, 0.4) is 0 Å². The van der Waals surface area contributed by atoms with Gasteiger partial charge in [-0.1, -0.05) is 91.5 Å². The van der Waals surface area contributed by atoms with E-state index in [0.29, 0.717) is 13.1 Å². The largest absolute Gasteiger partial charge is 0.510 e. The maximum atomic E-state index is 14.4. The summed E-state index contributed by atoms with van der Waals surface area (Å²) in [6.45, 7) is 13.8. The van der Waals surface area contributed by atoms with Gasteiger partial charge >= 0.3 is 11.9 Å². The van der Waals surface area contributed by atoms with Crippen LogP contribution in [0.15, 0.2) is 59.5 Å². The molecule has 2 heterocycles. The number of anilines is 1. The van der Waals surface area contributed by atoms with E-state index in [1.807, 2.05) is 39.8 Å². The van der Waals surface area contributed by atoms with Crippen LogP contribution in [0.1, 0.15) is 150 Å². The quantitative estimate of drug-likeness (QED) is 0.105. The van der Waals surface area contributed by atoms with Crippen molar-refractivity contribution >= 4 is 34.8 Å². The van der Waals surface area contributed by atoms with Gasteiger partial charge in [-0.2, -0.15) is 4.58 Å². The van der Waals surface area contributed by atoms with Crippen LogP contribution < -0.4 is 4.90 Å². The standard InChI is InChI=1S/C43H56N2O6/c1-7-9-11-13-15-17-24-44-33-21-19-20-29(41(50)51)36(33)43(5,6)34(44)27-30-37(46)35(38(30)47)39-42(3,4)31-26-28(40(48)49)22-23-32(31)45(39)25-18-16-14-12-10-8-2/h19-23,26-27,35H,7-18,24-25H2,1-6H3,(H2-,46,47,48,49,50,51)/p+1/b34-27-. The van der Waals surface area contributed by atoms with E-state index in [1.165, 1.54) is 38.5 Å². The molecule has 0 saturated carbocycles. The van der Waals surface area contributed by atoms with E-state index < -0.39 is 28.7 Å². The number of aliphatic hydroxyl groups is 1. The minimum Gasteiger partial charge on any atom is -0.510 e. The van der Waals surface area contributed by atoms with Crippen LogP contribution in [0.2, 0.25) is 0 Å². The van der Waals surface area contributed by atoms with Crippen molar-refractivity contribution in [3.63, 3.8) is 0 Å². The maximum absolute atomic E-state index is 14.4. The molecule has 8 heteroatoms. The molecule has 0 fully saturated rings. The van der Waals surface area contributed by atoms with Crippen molar-refractivity contribution in [1.29, 1.82) is 0 Å². The monoisotopic (exact) mass is 697 g/mol. The summed E-state index contributed by atoms with van der Waals surface area (Å²) in [5.41, 5.74) is 4.16. The number of aromatic carboxylic acids is 2. The number of fused-ring (bicyclic) bond motifs is 2. The second-order valence-corrected chi connectivity index (χ2v) is 15.6. The summed E-state index contributed by atoms with van der Waals surface area (Å²) in [6, 6.07) is 10.6. The third kappa shape index (κ3) is 7.16. The number of ketones is 1. The summed E-state index contributed by atoms with van der Waals surface area (Å²) in [6.07, 6.45) is 15.1. The highest BCUT2D eigenvalue weighted by Gasteiger charge is 2.57. The molecule has 51 heavy (non-hydrogen) atoms. The average molecular weight is 698 g/mol. The van der Waals surface area contributed by atoms with Gasteiger partial charge in [0.25, 0.3) is 0 Å². The van der Waals surface area contributed by atoms with Crippen LogP contribution in [0, 0.1) is 5.92 Å². The Labute approximate surface area is 303 Å². The van der Waals surface area contributed by atoms with Crippen LogP contribution in [0.4, 0.5) is 11.4 Å². The van der Waals surface area contributed by atoms with Gasteiger partial charge in [-0.3, -0.25) is 4.79 Å². The Morgan fingerprint density at radius 1 is 0.824 bits per heavy atom. The molecule has 0 aromatic heterocycles. The van der Waals surface area contributed by atoms with Gasteiger partial charge in [0.15, 0.2) is 17.4 Å². The first-order chi connectivity index (χ1) is 24.3. The van der Waals surface area contributed by atoms with Crippen LogP contribution in [0.5, 0.6) is 0 Å². The van der Waals surface area contributed by atoms with Crippen LogP contribution in [-0.2, 0) is 15.6 Å². The molecular formula is C43H57N2O6+. The number of nitrogens with zero attached hydrogens (tertiary/aromatic N) is 2. The number of aliphatic hydroxyl groups excluding tert-OH is 1. The fourth-order valence-corrected chi connectivity index (χ4v) is 8.58. The molecule has 3 aliphatic rings. The predicted octanol–water partition coefficient (Wildman–Crippen LogP) is 9.87. The molecule has 1 atom stereocenters. The molecule has 5 rings (SSSR count). The normalized spacial score (nSPS) is 19.5. The summed E-state index contributed by atoms with van der Waals surface area (Å²) >= 11 is 0. The Balaban J connectivity index is 1.54. The highest BCUT2D eigenvalue weighted by molar-refractivity contribution is 6.23. The number of benzene rings is 2. The zero-order valence-corrected chi connectivity index (χ0v) is 31.5. The van der Waals surface area contributed by atoms with E-state index in [2.05, 4.69) is 23.3 Å². The van der Waals surface area contributed by atoms with Gasteiger partial charge in [0, 0.05) is 47.0 Å². The van der Waals surface area contributed by atoms with Gasteiger partial charge in [-0.05, 0) is 57.0 Å². The van der Waals surface area contributed by atoms with Gasteiger partial charge in [0.2, 0.25) is 5.69 Å². The first-order valence-corrected chi connectivity index (χ1v) is 19.1. The third-order valence-corrected chi connectivity index (χ3v) is 11.4. The second-order valence-electron chi connectivity index (χ2n) is 15.6. The van der Waals surface area contributed by atoms with Gasteiger partial charge in [0.1, 0.15) is 12.3 Å². The first-order valence-electron chi connectivity index (χ1n) is 19.1. The number of allylic oxidation sites excluding steroid dienone is 4. The van der Waals surface area contributed by atoms with Crippen molar-refractivity contribution in [3.05, 3.63) is 81.8 Å². The topological polar surface area (TPSA) is 118 Å². The van der Waals surface area contributed by atoms with Crippen LogP contribution >= 0.6 is 0 Å². The fourth-order valence-electron chi connectivity index (χ4n) is 8.58. The first kappa shape index (κ1) is 38.0. The van der Waals surface area contributed by atoms with Crippen molar-refractivity contribution < 1.29 is 34.3 Å². The SMILES string of the molecule is CCCCCCCCN1/C(=C\C2=C(O)C(C3=[N+](CCCCCCCC)c4ccc(C(=O)O)cc4C3(C)C)C2=O)C(C)(C)c2c(C(=O)O)cccc21. The molecule has 274 valence electrons. The van der Waals surface area contributed by atoms with Crippen LogP contribution in [-0.4, -0.2) is 56.4 Å². The lowest BCUT2D eigenvalue weighted by Crippen LogP contribution is -2.46. The predicted molar refractivity (Wildman–Crippen MR) is 203 cm³/mol. The Hall–Kier alpha value is -4.20. The molecule has 2 aliphatic heterocycles. The number of unbranched alkanes of at least 4 members (excludes halogenated alkanes) is 10. The van der Waals surface area contributed by atoms with Gasteiger partial charge in [0.05, 0.1) is 22.1 Å². The fraction of sp³-hybridized carbons (Fsp3) is 0.535. The number of carboxylic acids is 2. The molecule has 0 amide bonds. The maximum Gasteiger partial charge on any atom is 0.336 e. The Morgan fingerprint density at radius 2 is 1.45 bits per heavy atom. The molecule has 0 bridgehead atoms. The van der Waals surface area contributed by atoms with Crippen molar-refractivity contribution in [1.82, 2.24) is 0 Å².